The number of unbranched alkanes of at least 4 members (excludes halogenated alkanes) is 1. The molecule has 1 aliphatic heterocycles. The zero-order valence-electron chi connectivity index (χ0n) is 15.3. The van der Waals surface area contributed by atoms with Crippen molar-refractivity contribution in [3.05, 3.63) is 45.7 Å². The Morgan fingerprint density at radius 3 is 2.93 bits per heavy atom. The summed E-state index contributed by atoms with van der Waals surface area (Å²) in [4.78, 5) is 44.5. The molecular weight excluding hydrogens is 364 g/mol. The first-order valence-corrected chi connectivity index (χ1v) is 9.91. The molecule has 8 heteroatoms. The lowest BCUT2D eigenvalue weighted by molar-refractivity contribution is -0.123. The summed E-state index contributed by atoms with van der Waals surface area (Å²) >= 11 is 1.43. The van der Waals surface area contributed by atoms with E-state index in [1.165, 1.54) is 11.8 Å². The number of hydrogen-bond acceptors (Lipinski definition) is 5. The molecule has 0 saturated carbocycles. The largest absolute Gasteiger partial charge is 0.326 e. The third-order valence-electron chi connectivity index (χ3n) is 4.27. The van der Waals surface area contributed by atoms with Crippen LogP contribution in [0.25, 0.3) is 0 Å². The van der Waals surface area contributed by atoms with Gasteiger partial charge in [-0.2, -0.15) is 0 Å². The second kappa shape index (κ2) is 8.39. The number of fused-ring (bicyclic) bond motifs is 1. The van der Waals surface area contributed by atoms with Gasteiger partial charge >= 0.3 is 0 Å². The molecule has 0 aliphatic carbocycles. The van der Waals surface area contributed by atoms with Crippen LogP contribution in [0.1, 0.15) is 43.2 Å². The van der Waals surface area contributed by atoms with Crippen LogP contribution < -0.4 is 16.2 Å². The summed E-state index contributed by atoms with van der Waals surface area (Å²) in [6.07, 6.45) is 1.96. The van der Waals surface area contributed by atoms with Crippen molar-refractivity contribution in [2.75, 3.05) is 16.4 Å². The fourth-order valence-electron chi connectivity index (χ4n) is 2.91. The van der Waals surface area contributed by atoms with Crippen LogP contribution >= 0.6 is 11.8 Å². The van der Waals surface area contributed by atoms with Gasteiger partial charge in [0.15, 0.2) is 5.16 Å². The van der Waals surface area contributed by atoms with E-state index < -0.39 is 11.8 Å². The third-order valence-corrected chi connectivity index (χ3v) is 5.23. The number of hydrogen-bond donors (Lipinski definition) is 3. The van der Waals surface area contributed by atoms with Gasteiger partial charge in [0, 0.05) is 17.9 Å². The molecule has 0 bridgehead atoms. The molecular formula is C19H22N4O3S. The van der Waals surface area contributed by atoms with Gasteiger partial charge in [-0.05, 0) is 31.0 Å². The monoisotopic (exact) mass is 386 g/mol. The molecule has 0 spiro atoms. The molecule has 1 aromatic heterocycles. The predicted octanol–water partition coefficient (Wildman–Crippen LogP) is 3.04. The molecule has 1 aliphatic rings. The molecule has 0 saturated heterocycles. The average molecular weight is 386 g/mol. The summed E-state index contributed by atoms with van der Waals surface area (Å²) in [5.41, 5.74) is 1.45. The van der Waals surface area contributed by atoms with Gasteiger partial charge in [-0.1, -0.05) is 37.2 Å². The van der Waals surface area contributed by atoms with Gasteiger partial charge in [0.1, 0.15) is 5.82 Å². The Hall–Kier alpha value is -2.61. The van der Waals surface area contributed by atoms with Crippen LogP contribution in [0.5, 0.6) is 0 Å². The zero-order chi connectivity index (χ0) is 19.4. The first-order valence-electron chi connectivity index (χ1n) is 8.92. The van der Waals surface area contributed by atoms with Crippen molar-refractivity contribution in [2.24, 2.45) is 0 Å². The minimum Gasteiger partial charge on any atom is -0.326 e. The van der Waals surface area contributed by atoms with Gasteiger partial charge in [-0.15, -0.1) is 0 Å². The highest BCUT2D eigenvalue weighted by Gasteiger charge is 2.34. The molecule has 0 fully saturated rings. The number of H-pyrrole nitrogens is 1. The van der Waals surface area contributed by atoms with E-state index in [0.29, 0.717) is 10.8 Å². The second-order valence-electron chi connectivity index (χ2n) is 6.50. The van der Waals surface area contributed by atoms with Crippen LogP contribution in [-0.4, -0.2) is 27.5 Å². The summed E-state index contributed by atoms with van der Waals surface area (Å²) in [5, 5.41) is 5.87. The maximum atomic E-state index is 12.8. The molecule has 1 aromatic carbocycles. The van der Waals surface area contributed by atoms with Crippen LogP contribution in [0.15, 0.2) is 34.2 Å². The quantitative estimate of drug-likeness (QED) is 0.402. The maximum Gasteiger partial charge on any atom is 0.257 e. The first-order chi connectivity index (χ1) is 13.0. The number of aryl methyl sites for hydroxylation is 1. The van der Waals surface area contributed by atoms with E-state index in [1.54, 1.807) is 6.07 Å². The third kappa shape index (κ3) is 4.57. The van der Waals surface area contributed by atoms with Crippen molar-refractivity contribution >= 4 is 35.1 Å². The van der Waals surface area contributed by atoms with E-state index in [4.69, 9.17) is 0 Å². The molecule has 2 aromatic rings. The SMILES string of the molecule is CCCCSc1nc2c(c(=O)[nH]1)[C@H](C(=O)Nc1cccc(C)c1)CC(=O)N2. The smallest absolute Gasteiger partial charge is 0.257 e. The lowest BCUT2D eigenvalue weighted by atomic mass is 9.92. The fourth-order valence-corrected chi connectivity index (χ4v) is 3.86. The number of rotatable bonds is 6. The summed E-state index contributed by atoms with van der Waals surface area (Å²) < 4.78 is 0. The Labute approximate surface area is 161 Å². The molecule has 142 valence electrons. The van der Waals surface area contributed by atoms with Crippen LogP contribution in [-0.2, 0) is 9.59 Å². The maximum absolute atomic E-state index is 12.8. The number of carbonyl (C=O) groups excluding carboxylic acids is 2. The highest BCUT2D eigenvalue weighted by Crippen LogP contribution is 2.30. The van der Waals surface area contributed by atoms with Crippen molar-refractivity contribution in [3.8, 4) is 0 Å². The molecule has 1 atom stereocenters. The van der Waals surface area contributed by atoms with Crippen LogP contribution in [0, 0.1) is 6.92 Å². The Morgan fingerprint density at radius 1 is 1.37 bits per heavy atom. The van der Waals surface area contributed by atoms with Gasteiger partial charge in [0.05, 0.1) is 11.5 Å². The first kappa shape index (κ1) is 19.2. The molecule has 27 heavy (non-hydrogen) atoms. The number of carbonyl (C=O) groups is 2. The average Bonchev–Trinajstić information content (AvgIpc) is 2.61. The minimum atomic E-state index is -0.875. The van der Waals surface area contributed by atoms with Crippen molar-refractivity contribution in [3.63, 3.8) is 0 Å². The van der Waals surface area contributed by atoms with E-state index in [0.717, 1.165) is 24.2 Å². The lowest BCUT2D eigenvalue weighted by Crippen LogP contribution is -2.36. The normalized spacial score (nSPS) is 15.8. The van der Waals surface area contributed by atoms with E-state index in [-0.39, 0.29) is 29.3 Å². The van der Waals surface area contributed by atoms with Gasteiger partial charge in [-0.25, -0.2) is 4.98 Å². The summed E-state index contributed by atoms with van der Waals surface area (Å²) in [7, 11) is 0. The number of aromatic nitrogens is 2. The predicted molar refractivity (Wildman–Crippen MR) is 106 cm³/mol. The zero-order valence-corrected chi connectivity index (χ0v) is 16.1. The van der Waals surface area contributed by atoms with Crippen LogP contribution in [0.3, 0.4) is 0 Å². The molecule has 7 nitrogen and oxygen atoms in total. The standard InChI is InChI=1S/C19H22N4O3S/c1-3-4-8-27-19-22-16-15(18(26)23-19)13(10-14(24)21-16)17(25)20-12-7-5-6-11(2)9-12/h5-7,9,13H,3-4,8,10H2,1-2H3,(H,20,25)(H2,21,22,23,24,26)/t13-/m1/s1. The number of nitrogens with zero attached hydrogens (tertiary/aromatic N) is 1. The molecule has 2 amide bonds. The highest BCUT2D eigenvalue weighted by atomic mass is 32.2. The molecule has 2 heterocycles. The number of aromatic amines is 1. The summed E-state index contributed by atoms with van der Waals surface area (Å²) in [5.74, 6) is -0.591. The van der Waals surface area contributed by atoms with Crippen molar-refractivity contribution in [1.82, 2.24) is 9.97 Å². The van der Waals surface area contributed by atoms with Gasteiger partial charge in [-0.3, -0.25) is 14.4 Å². The second-order valence-corrected chi connectivity index (χ2v) is 7.58. The Bertz CT molecular complexity index is 925. The Kier molecular flexibility index (Phi) is 5.95. The Balaban J connectivity index is 1.87. The number of thioether (sulfide) groups is 1. The summed E-state index contributed by atoms with van der Waals surface area (Å²) in [6, 6.07) is 7.36. The fraction of sp³-hybridized carbons (Fsp3) is 0.368. The summed E-state index contributed by atoms with van der Waals surface area (Å²) in [6.45, 7) is 4.01. The highest BCUT2D eigenvalue weighted by molar-refractivity contribution is 7.99. The van der Waals surface area contributed by atoms with Crippen molar-refractivity contribution < 1.29 is 9.59 Å². The number of anilines is 2. The molecule has 0 unspecified atom stereocenters. The topological polar surface area (TPSA) is 104 Å². The van der Waals surface area contributed by atoms with Crippen molar-refractivity contribution in [2.45, 2.75) is 44.2 Å². The Morgan fingerprint density at radius 2 is 2.19 bits per heavy atom. The van der Waals surface area contributed by atoms with E-state index in [9.17, 15) is 14.4 Å². The molecule has 0 radical (unpaired) electrons. The number of benzene rings is 1. The van der Waals surface area contributed by atoms with Gasteiger partial charge in [0.25, 0.3) is 5.56 Å². The molecule has 3 N–H and O–H groups in total. The molecule has 3 rings (SSSR count). The van der Waals surface area contributed by atoms with E-state index in [1.807, 2.05) is 25.1 Å². The van der Waals surface area contributed by atoms with Gasteiger partial charge in [0.2, 0.25) is 11.8 Å². The minimum absolute atomic E-state index is 0.0856. The van der Waals surface area contributed by atoms with Crippen LogP contribution in [0.2, 0.25) is 0 Å². The number of amides is 2. The van der Waals surface area contributed by atoms with E-state index >= 15 is 0 Å². The van der Waals surface area contributed by atoms with Gasteiger partial charge < -0.3 is 15.6 Å². The van der Waals surface area contributed by atoms with Crippen molar-refractivity contribution in [1.29, 1.82) is 0 Å². The van der Waals surface area contributed by atoms with Crippen LogP contribution in [0.4, 0.5) is 11.5 Å². The lowest BCUT2D eigenvalue weighted by Gasteiger charge is -2.23. The number of nitrogens with one attached hydrogen (secondary N) is 3. The van der Waals surface area contributed by atoms with E-state index in [2.05, 4.69) is 27.5 Å².